The quantitative estimate of drug-likeness (QED) is 0.766. The summed E-state index contributed by atoms with van der Waals surface area (Å²) in [6.07, 6.45) is 1.11. The minimum Gasteiger partial charge on any atom is -0.507 e. The molecule has 2 atom stereocenters. The summed E-state index contributed by atoms with van der Waals surface area (Å²) in [5, 5.41) is 12.7. The number of phenolic OH excluding ortho intramolecular Hbond substituents is 1. The third-order valence-corrected chi connectivity index (χ3v) is 3.59. The second-order valence-corrected chi connectivity index (χ2v) is 5.07. The van der Waals surface area contributed by atoms with Crippen LogP contribution in [0.15, 0.2) is 29.3 Å². The molecule has 0 aromatic heterocycles. The fourth-order valence-electron chi connectivity index (χ4n) is 2.65. The van der Waals surface area contributed by atoms with Crippen molar-refractivity contribution in [3.05, 3.63) is 29.8 Å². The van der Waals surface area contributed by atoms with E-state index in [9.17, 15) is 9.90 Å². The number of phenols is 1. The summed E-state index contributed by atoms with van der Waals surface area (Å²) in [5.74, 6) is 0.318. The second-order valence-electron chi connectivity index (χ2n) is 5.07. The molecular weight excluding hydrogens is 216 g/mol. The van der Waals surface area contributed by atoms with Gasteiger partial charge in [0.05, 0.1) is 0 Å². The maximum atomic E-state index is 11.3. The molecule has 1 fully saturated rings. The van der Waals surface area contributed by atoms with Crippen molar-refractivity contribution in [3.8, 4) is 5.75 Å². The van der Waals surface area contributed by atoms with Crippen molar-refractivity contribution in [1.29, 1.82) is 0 Å². The van der Waals surface area contributed by atoms with Crippen LogP contribution in [0.2, 0.25) is 0 Å². The van der Waals surface area contributed by atoms with Crippen molar-refractivity contribution < 1.29 is 9.90 Å². The van der Waals surface area contributed by atoms with E-state index >= 15 is 0 Å². The molecular formula is C13H14N2O2. The number of aliphatic imine (C=N–C) groups is 1. The van der Waals surface area contributed by atoms with Crippen LogP contribution in [-0.2, 0) is 4.79 Å². The Morgan fingerprint density at radius 1 is 1.41 bits per heavy atom. The predicted molar refractivity (Wildman–Crippen MR) is 63.9 cm³/mol. The largest absolute Gasteiger partial charge is 0.507 e. The summed E-state index contributed by atoms with van der Waals surface area (Å²) in [4.78, 5) is 15.9. The van der Waals surface area contributed by atoms with Crippen LogP contribution in [0.5, 0.6) is 5.75 Å². The zero-order chi connectivity index (χ0) is 12.0. The third-order valence-electron chi connectivity index (χ3n) is 3.59. The van der Waals surface area contributed by atoms with E-state index in [2.05, 4.69) is 17.2 Å². The van der Waals surface area contributed by atoms with Gasteiger partial charge in [0.2, 0.25) is 5.91 Å². The van der Waals surface area contributed by atoms with Crippen LogP contribution in [0.3, 0.4) is 0 Å². The molecule has 4 heteroatoms. The Balaban J connectivity index is 1.97. The Morgan fingerprint density at radius 2 is 2.18 bits per heavy atom. The SMILES string of the molecule is C[C@@]12CC(=O)N[C@@H]1N=C(c1ccccc1O)C2. The lowest BCUT2D eigenvalue weighted by Crippen LogP contribution is -2.29. The highest BCUT2D eigenvalue weighted by molar-refractivity contribution is 6.05. The molecule has 2 heterocycles. The number of nitrogens with one attached hydrogen (secondary N) is 1. The molecule has 0 spiro atoms. The molecule has 4 nitrogen and oxygen atoms in total. The summed E-state index contributed by atoms with van der Waals surface area (Å²) in [5.41, 5.74) is 1.53. The van der Waals surface area contributed by atoms with Crippen molar-refractivity contribution in [2.45, 2.75) is 25.9 Å². The average Bonchev–Trinajstić information content (AvgIpc) is 2.68. The van der Waals surface area contributed by atoms with Gasteiger partial charge in [0.1, 0.15) is 11.9 Å². The molecule has 2 aliphatic heterocycles. The number of nitrogens with zero attached hydrogens (tertiary/aromatic N) is 1. The summed E-state index contributed by atoms with van der Waals surface area (Å²) in [6.45, 7) is 2.06. The van der Waals surface area contributed by atoms with E-state index in [0.29, 0.717) is 6.42 Å². The molecule has 88 valence electrons. The number of hydrogen-bond donors (Lipinski definition) is 2. The molecule has 0 bridgehead atoms. The number of aromatic hydroxyl groups is 1. The monoisotopic (exact) mass is 230 g/mol. The fourth-order valence-corrected chi connectivity index (χ4v) is 2.65. The van der Waals surface area contributed by atoms with Gasteiger partial charge in [-0.1, -0.05) is 19.1 Å². The van der Waals surface area contributed by atoms with E-state index in [-0.39, 0.29) is 23.2 Å². The Labute approximate surface area is 99.4 Å². The van der Waals surface area contributed by atoms with E-state index in [1.807, 2.05) is 12.1 Å². The van der Waals surface area contributed by atoms with E-state index in [0.717, 1.165) is 17.7 Å². The lowest BCUT2D eigenvalue weighted by atomic mass is 9.83. The first kappa shape index (κ1) is 10.3. The maximum Gasteiger partial charge on any atom is 0.222 e. The van der Waals surface area contributed by atoms with Gasteiger partial charge >= 0.3 is 0 Å². The van der Waals surface area contributed by atoms with Crippen LogP contribution in [0.4, 0.5) is 0 Å². The first-order chi connectivity index (χ1) is 8.08. The second kappa shape index (κ2) is 3.32. The highest BCUT2D eigenvalue weighted by Crippen LogP contribution is 2.42. The standard InChI is InChI=1S/C13H14N2O2/c1-13-6-9(8-4-2-3-5-10(8)16)14-12(13)15-11(17)7-13/h2-5,12,16H,6-7H2,1H3,(H,15,17)/t12-,13+/m0/s1. The molecule has 3 rings (SSSR count). The summed E-state index contributed by atoms with van der Waals surface area (Å²) in [6, 6.07) is 7.19. The van der Waals surface area contributed by atoms with Gasteiger partial charge in [-0.25, -0.2) is 0 Å². The lowest BCUT2D eigenvalue weighted by Gasteiger charge is -2.19. The van der Waals surface area contributed by atoms with Gasteiger partial charge in [0.25, 0.3) is 0 Å². The van der Waals surface area contributed by atoms with Crippen molar-refractivity contribution in [2.75, 3.05) is 0 Å². The van der Waals surface area contributed by atoms with Gasteiger partial charge in [-0.05, 0) is 18.6 Å². The smallest absolute Gasteiger partial charge is 0.222 e. The minimum absolute atomic E-state index is 0.0672. The number of fused-ring (bicyclic) bond motifs is 1. The Kier molecular flexibility index (Phi) is 2.02. The Bertz CT molecular complexity index is 524. The van der Waals surface area contributed by atoms with Gasteiger partial charge in [0.15, 0.2) is 0 Å². The zero-order valence-electron chi connectivity index (χ0n) is 9.60. The summed E-state index contributed by atoms with van der Waals surface area (Å²) in [7, 11) is 0. The van der Waals surface area contributed by atoms with Crippen molar-refractivity contribution >= 4 is 11.6 Å². The van der Waals surface area contributed by atoms with E-state index in [4.69, 9.17) is 0 Å². The molecule has 17 heavy (non-hydrogen) atoms. The van der Waals surface area contributed by atoms with Gasteiger partial charge in [-0.3, -0.25) is 9.79 Å². The topological polar surface area (TPSA) is 61.7 Å². The van der Waals surface area contributed by atoms with Gasteiger partial charge in [-0.2, -0.15) is 0 Å². The molecule has 0 saturated carbocycles. The van der Waals surface area contributed by atoms with Crippen LogP contribution in [-0.4, -0.2) is 22.9 Å². The van der Waals surface area contributed by atoms with Crippen LogP contribution in [0.25, 0.3) is 0 Å². The average molecular weight is 230 g/mol. The van der Waals surface area contributed by atoms with Crippen LogP contribution < -0.4 is 5.32 Å². The summed E-state index contributed by atoms with van der Waals surface area (Å²) >= 11 is 0. The van der Waals surface area contributed by atoms with E-state index < -0.39 is 0 Å². The number of hydrogen-bond acceptors (Lipinski definition) is 3. The van der Waals surface area contributed by atoms with Gasteiger partial charge in [-0.15, -0.1) is 0 Å². The van der Waals surface area contributed by atoms with Crippen LogP contribution in [0.1, 0.15) is 25.3 Å². The molecule has 1 amide bonds. The molecule has 1 aromatic rings. The first-order valence-electron chi connectivity index (χ1n) is 5.73. The normalized spacial score (nSPS) is 31.0. The third kappa shape index (κ3) is 1.52. The summed E-state index contributed by atoms with van der Waals surface area (Å²) < 4.78 is 0. The van der Waals surface area contributed by atoms with E-state index in [1.165, 1.54) is 0 Å². The van der Waals surface area contributed by atoms with Gasteiger partial charge in [0, 0.05) is 23.1 Å². The predicted octanol–water partition coefficient (Wildman–Crippen LogP) is 1.44. The number of carbonyl (C=O) groups excluding carboxylic acids is 1. The van der Waals surface area contributed by atoms with Gasteiger partial charge < -0.3 is 10.4 Å². The van der Waals surface area contributed by atoms with Crippen LogP contribution in [0, 0.1) is 5.41 Å². The molecule has 2 N–H and O–H groups in total. The number of benzene rings is 1. The number of amides is 1. The molecule has 0 unspecified atom stereocenters. The molecule has 0 radical (unpaired) electrons. The number of carbonyl (C=O) groups is 1. The van der Waals surface area contributed by atoms with Crippen LogP contribution >= 0.6 is 0 Å². The molecule has 0 aliphatic carbocycles. The number of para-hydroxylation sites is 1. The molecule has 1 saturated heterocycles. The highest BCUT2D eigenvalue weighted by atomic mass is 16.3. The zero-order valence-corrected chi connectivity index (χ0v) is 9.60. The highest BCUT2D eigenvalue weighted by Gasteiger charge is 2.48. The Hall–Kier alpha value is -1.84. The number of rotatable bonds is 1. The van der Waals surface area contributed by atoms with Crippen molar-refractivity contribution in [3.63, 3.8) is 0 Å². The minimum atomic E-state index is -0.135. The van der Waals surface area contributed by atoms with Crippen molar-refractivity contribution in [1.82, 2.24) is 5.32 Å². The first-order valence-corrected chi connectivity index (χ1v) is 5.73. The maximum absolute atomic E-state index is 11.3. The fraction of sp³-hybridized carbons (Fsp3) is 0.385. The lowest BCUT2D eigenvalue weighted by molar-refractivity contribution is -0.119. The van der Waals surface area contributed by atoms with Crippen molar-refractivity contribution in [2.24, 2.45) is 10.4 Å². The molecule has 1 aromatic carbocycles. The Morgan fingerprint density at radius 3 is 2.88 bits per heavy atom. The molecule has 2 aliphatic rings. The van der Waals surface area contributed by atoms with E-state index in [1.54, 1.807) is 12.1 Å².